The van der Waals surface area contributed by atoms with E-state index in [1.807, 2.05) is 66.9 Å². The Morgan fingerprint density at radius 1 is 0.692 bits per heavy atom. The first-order valence-corrected chi connectivity index (χ1v) is 8.58. The lowest BCUT2D eigenvalue weighted by Crippen LogP contribution is -1.82. The van der Waals surface area contributed by atoms with Gasteiger partial charge in [0.15, 0.2) is 5.76 Å². The topological polar surface area (TPSA) is 41.8 Å². The molecule has 0 aliphatic heterocycles. The number of nitrogens with one attached hydrogen (secondary N) is 1. The molecule has 2 aromatic heterocycles. The lowest BCUT2D eigenvalue weighted by atomic mass is 10.1. The van der Waals surface area contributed by atoms with Crippen LogP contribution in [0.15, 0.2) is 95.5 Å². The molecule has 0 saturated heterocycles. The molecule has 0 aliphatic rings. The molecule has 5 rings (SSSR count). The largest absolute Gasteiger partial charge is 0.435 e. The molecule has 0 fully saturated rings. The maximum absolute atomic E-state index is 6.28. The summed E-state index contributed by atoms with van der Waals surface area (Å²) in [7, 11) is 0. The van der Waals surface area contributed by atoms with E-state index in [-0.39, 0.29) is 0 Å². The Morgan fingerprint density at radius 2 is 1.35 bits per heavy atom. The van der Waals surface area contributed by atoms with Gasteiger partial charge in [0.2, 0.25) is 5.89 Å². The van der Waals surface area contributed by atoms with E-state index in [1.165, 1.54) is 0 Å². The predicted molar refractivity (Wildman–Crippen MR) is 105 cm³/mol. The van der Waals surface area contributed by atoms with Crippen molar-refractivity contribution in [1.29, 1.82) is 0 Å². The molecule has 0 bridgehead atoms. The first-order valence-electron chi connectivity index (χ1n) is 8.58. The lowest BCUT2D eigenvalue weighted by Gasteiger charge is -2.00. The van der Waals surface area contributed by atoms with Crippen molar-refractivity contribution in [2.24, 2.45) is 0 Å². The average molecular weight is 336 g/mol. The minimum absolute atomic E-state index is 0.625. The van der Waals surface area contributed by atoms with Gasteiger partial charge in [-0.2, -0.15) is 0 Å². The fourth-order valence-corrected chi connectivity index (χ4v) is 3.26. The number of benzene rings is 3. The molecule has 2 heterocycles. The number of H-pyrrole nitrogens is 1. The lowest BCUT2D eigenvalue weighted by molar-refractivity contribution is 0.590. The number of rotatable bonds is 3. The third-order valence-electron chi connectivity index (χ3n) is 4.53. The van der Waals surface area contributed by atoms with Crippen molar-refractivity contribution in [3.8, 4) is 34.0 Å². The summed E-state index contributed by atoms with van der Waals surface area (Å²) in [6.07, 6.45) is 1.96. The van der Waals surface area contributed by atoms with Crippen molar-refractivity contribution in [2.45, 2.75) is 0 Å². The highest BCUT2D eigenvalue weighted by Gasteiger charge is 2.19. The average Bonchev–Trinajstić information content (AvgIpc) is 3.34. The van der Waals surface area contributed by atoms with Gasteiger partial charge in [0.25, 0.3) is 0 Å². The quantitative estimate of drug-likeness (QED) is 0.429. The smallest absolute Gasteiger partial charge is 0.229 e. The molecule has 0 amide bonds. The molecule has 26 heavy (non-hydrogen) atoms. The van der Waals surface area contributed by atoms with Crippen LogP contribution in [0.2, 0.25) is 0 Å². The molecule has 5 aromatic rings. The highest BCUT2D eigenvalue weighted by Crippen LogP contribution is 2.37. The van der Waals surface area contributed by atoms with Crippen molar-refractivity contribution in [3.63, 3.8) is 0 Å². The second-order valence-electron chi connectivity index (χ2n) is 6.18. The van der Waals surface area contributed by atoms with Crippen molar-refractivity contribution in [2.75, 3.05) is 0 Å². The molecular weight excluding hydrogens is 320 g/mol. The van der Waals surface area contributed by atoms with E-state index in [2.05, 4.69) is 29.2 Å². The van der Waals surface area contributed by atoms with Gasteiger partial charge < -0.3 is 9.40 Å². The summed E-state index contributed by atoms with van der Waals surface area (Å²) in [5.41, 5.74) is 4.96. The van der Waals surface area contributed by atoms with Gasteiger partial charge in [-0.25, -0.2) is 4.98 Å². The molecule has 0 radical (unpaired) electrons. The molecule has 1 N–H and O–H groups in total. The fourth-order valence-electron chi connectivity index (χ4n) is 3.26. The van der Waals surface area contributed by atoms with Crippen molar-refractivity contribution in [3.05, 3.63) is 91.1 Å². The second kappa shape index (κ2) is 6.05. The number of nitrogens with zero attached hydrogens (tertiary/aromatic N) is 1. The number of aromatic amines is 1. The SMILES string of the molecule is c1ccc(-c2nc(-c3c[nH]c4ccccc34)oc2-c2ccccc2)cc1. The molecule has 3 aromatic carbocycles. The highest BCUT2D eigenvalue weighted by atomic mass is 16.4. The minimum atomic E-state index is 0.625. The number of hydrogen-bond donors (Lipinski definition) is 1. The molecule has 124 valence electrons. The van der Waals surface area contributed by atoms with Crippen LogP contribution in [0, 0.1) is 0 Å². The molecule has 0 unspecified atom stereocenters. The van der Waals surface area contributed by atoms with Gasteiger partial charge in [-0.3, -0.25) is 0 Å². The molecule has 0 atom stereocenters. The minimum Gasteiger partial charge on any atom is -0.435 e. The highest BCUT2D eigenvalue weighted by molar-refractivity contribution is 5.94. The number of oxazole rings is 1. The number of aromatic nitrogens is 2. The van der Waals surface area contributed by atoms with Gasteiger partial charge in [-0.05, 0) is 6.07 Å². The van der Waals surface area contributed by atoms with E-state index >= 15 is 0 Å². The maximum atomic E-state index is 6.28. The molecular formula is C23H16N2O. The van der Waals surface area contributed by atoms with Crippen LogP contribution >= 0.6 is 0 Å². The number of fused-ring (bicyclic) bond motifs is 1. The van der Waals surface area contributed by atoms with Gasteiger partial charge in [0.05, 0.1) is 5.56 Å². The Morgan fingerprint density at radius 3 is 2.12 bits per heavy atom. The van der Waals surface area contributed by atoms with E-state index < -0.39 is 0 Å². The first kappa shape index (κ1) is 14.7. The van der Waals surface area contributed by atoms with Gasteiger partial charge >= 0.3 is 0 Å². The third-order valence-corrected chi connectivity index (χ3v) is 4.53. The molecule has 3 nitrogen and oxygen atoms in total. The van der Waals surface area contributed by atoms with Crippen LogP contribution in [0.1, 0.15) is 0 Å². The summed E-state index contributed by atoms with van der Waals surface area (Å²) in [6.45, 7) is 0. The molecule has 0 aliphatic carbocycles. The van der Waals surface area contributed by atoms with E-state index in [4.69, 9.17) is 9.40 Å². The zero-order chi connectivity index (χ0) is 17.3. The van der Waals surface area contributed by atoms with E-state index in [9.17, 15) is 0 Å². The first-order chi connectivity index (χ1) is 12.9. The standard InChI is InChI=1S/C23H16N2O/c1-3-9-16(10-4-1)21-22(17-11-5-2-6-12-17)26-23(25-21)19-15-24-20-14-8-7-13-18(19)20/h1-15,24H. The number of para-hydroxylation sites is 1. The van der Waals surface area contributed by atoms with Gasteiger partial charge in [-0.1, -0.05) is 78.9 Å². The van der Waals surface area contributed by atoms with Gasteiger partial charge in [0, 0.05) is 28.2 Å². The molecule has 0 spiro atoms. The van der Waals surface area contributed by atoms with Crippen molar-refractivity contribution >= 4 is 10.9 Å². The Bertz CT molecular complexity index is 1110. The van der Waals surface area contributed by atoms with Crippen LogP contribution in [0.25, 0.3) is 44.9 Å². The Kier molecular flexibility index (Phi) is 3.42. The summed E-state index contributed by atoms with van der Waals surface area (Å²) in [6, 6.07) is 28.5. The zero-order valence-corrected chi connectivity index (χ0v) is 14.0. The monoisotopic (exact) mass is 336 g/mol. The van der Waals surface area contributed by atoms with Crippen LogP contribution in [0.3, 0.4) is 0 Å². The number of hydrogen-bond acceptors (Lipinski definition) is 2. The van der Waals surface area contributed by atoms with Gasteiger partial charge in [0.1, 0.15) is 5.69 Å². The maximum Gasteiger partial charge on any atom is 0.229 e. The van der Waals surface area contributed by atoms with Crippen LogP contribution in [0.5, 0.6) is 0 Å². The summed E-state index contributed by atoms with van der Waals surface area (Å²) in [4.78, 5) is 8.16. The Balaban J connectivity index is 1.75. The summed E-state index contributed by atoms with van der Waals surface area (Å²) < 4.78 is 6.28. The van der Waals surface area contributed by atoms with E-state index in [0.29, 0.717) is 5.89 Å². The van der Waals surface area contributed by atoms with Crippen LogP contribution in [0.4, 0.5) is 0 Å². The summed E-state index contributed by atoms with van der Waals surface area (Å²) >= 11 is 0. The van der Waals surface area contributed by atoms with Crippen molar-refractivity contribution < 1.29 is 4.42 Å². The normalized spacial score (nSPS) is 11.1. The van der Waals surface area contributed by atoms with Crippen LogP contribution in [-0.4, -0.2) is 9.97 Å². The van der Waals surface area contributed by atoms with Crippen LogP contribution in [-0.2, 0) is 0 Å². The summed E-state index contributed by atoms with van der Waals surface area (Å²) in [5.74, 6) is 1.41. The Hall–Kier alpha value is -3.59. The van der Waals surface area contributed by atoms with E-state index in [1.54, 1.807) is 0 Å². The summed E-state index contributed by atoms with van der Waals surface area (Å²) in [5, 5.41) is 1.10. The second-order valence-corrected chi connectivity index (χ2v) is 6.18. The fraction of sp³-hybridized carbons (Fsp3) is 0. The van der Waals surface area contributed by atoms with Crippen LogP contribution < -0.4 is 0 Å². The zero-order valence-electron chi connectivity index (χ0n) is 14.0. The molecule has 0 saturated carbocycles. The van der Waals surface area contributed by atoms with Crippen molar-refractivity contribution in [1.82, 2.24) is 9.97 Å². The third kappa shape index (κ3) is 2.42. The Labute approximate surface area is 151 Å². The molecule has 3 heteroatoms. The van der Waals surface area contributed by atoms with E-state index in [0.717, 1.165) is 39.0 Å². The van der Waals surface area contributed by atoms with Gasteiger partial charge in [-0.15, -0.1) is 0 Å². The predicted octanol–water partition coefficient (Wildman–Crippen LogP) is 6.16.